The first kappa shape index (κ1) is 33.7. The zero-order valence-corrected chi connectivity index (χ0v) is 30.0. The van der Waals surface area contributed by atoms with E-state index >= 15 is 0 Å². The molecule has 1 aliphatic heterocycles. The van der Waals surface area contributed by atoms with Gasteiger partial charge in [-0.3, -0.25) is 0 Å². The van der Waals surface area contributed by atoms with E-state index in [4.69, 9.17) is 14.4 Å². The van der Waals surface area contributed by atoms with Crippen molar-refractivity contribution in [2.45, 2.75) is 98.6 Å². The van der Waals surface area contributed by atoms with Crippen LogP contribution in [-0.2, 0) is 21.1 Å². The number of likely N-dealkylation sites (tertiary alicyclic amines) is 1. The number of halogens is 1. The Balaban J connectivity index is 0.000000273. The Hall–Kier alpha value is -2.22. The Morgan fingerprint density at radius 3 is 2.21 bits per heavy atom. The summed E-state index contributed by atoms with van der Waals surface area (Å²) in [4.78, 5) is 2.66. The third-order valence-corrected chi connectivity index (χ3v) is 9.81. The van der Waals surface area contributed by atoms with E-state index in [1.165, 1.54) is 40.4 Å². The molecule has 2 nitrogen and oxygen atoms in total. The summed E-state index contributed by atoms with van der Waals surface area (Å²) in [6, 6.07) is 23.7. The maximum atomic E-state index is 5.72. The molecular weight excluding hydrogens is 635 g/mol. The van der Waals surface area contributed by atoms with Crippen LogP contribution in [0, 0.1) is 18.4 Å². The summed E-state index contributed by atoms with van der Waals surface area (Å²) in [6.45, 7) is 23.3. The van der Waals surface area contributed by atoms with Crippen molar-refractivity contribution in [3.63, 3.8) is 0 Å². The van der Waals surface area contributed by atoms with E-state index in [9.17, 15) is 0 Å². The molecule has 0 spiro atoms. The number of allylic oxidation sites excluding steroid dienone is 3. The topological polar surface area (TPSA) is 12.5 Å². The van der Waals surface area contributed by atoms with Crippen LogP contribution in [0.3, 0.4) is 0 Å². The van der Waals surface area contributed by atoms with Crippen LogP contribution >= 0.6 is 9.69 Å². The summed E-state index contributed by atoms with van der Waals surface area (Å²) in [5, 5.41) is 2.66. The molecule has 3 aromatic carbocycles. The van der Waals surface area contributed by atoms with Gasteiger partial charge in [-0.15, -0.1) is 5.41 Å². The summed E-state index contributed by atoms with van der Waals surface area (Å²) in [7, 11) is 5.72. The van der Waals surface area contributed by atoms with E-state index in [1.807, 2.05) is 42.7 Å². The molecule has 0 bridgehead atoms. The summed E-state index contributed by atoms with van der Waals surface area (Å²) in [5.74, 6) is 2.05. The Kier molecular flexibility index (Phi) is 11.2. The minimum absolute atomic E-state index is 0.0299. The molecule has 0 radical (unpaired) electrons. The number of fused-ring (bicyclic) bond motifs is 1. The standard InChI is InChI=1S/C29H38N.C10H12O.ClH.Ru/c1-20(2)25-13-10-14-26(21(3)4)27(25)30-19-29(7,18-28(30,5)6)24-16-15-22-11-8-9-12-23(22)17-24;1-8(2)11-10-7-5-4-6-9(10)3;;/h8-9,11-13,15-17,19-21H,10,14,18H2,1-7H3;3-8H,1-2H3;1H;/q-1;;;+1/p-1. The Bertz CT molecular complexity index is 1500. The maximum absolute atomic E-state index is 5.72. The Labute approximate surface area is 272 Å². The molecule has 1 aliphatic carbocycles. The van der Waals surface area contributed by atoms with Crippen LogP contribution < -0.4 is 4.74 Å². The summed E-state index contributed by atoms with van der Waals surface area (Å²) >= 11 is -0.191. The van der Waals surface area contributed by atoms with Gasteiger partial charge in [-0.1, -0.05) is 88.7 Å². The zero-order chi connectivity index (χ0) is 31.4. The van der Waals surface area contributed by atoms with E-state index in [2.05, 4.69) is 108 Å². The molecular formula is C39H50ClNORu-. The number of benzene rings is 3. The molecule has 233 valence electrons. The molecule has 1 heterocycles. The van der Waals surface area contributed by atoms with Crippen molar-refractivity contribution in [2.75, 3.05) is 0 Å². The molecule has 0 saturated carbocycles. The second kappa shape index (κ2) is 14.3. The predicted molar refractivity (Wildman–Crippen MR) is 183 cm³/mol. The molecule has 3 aromatic rings. The van der Waals surface area contributed by atoms with Crippen LogP contribution in [0.25, 0.3) is 10.8 Å². The first-order chi connectivity index (χ1) is 20.4. The third-order valence-electron chi connectivity index (χ3n) is 8.62. The van der Waals surface area contributed by atoms with Gasteiger partial charge in [0.25, 0.3) is 0 Å². The molecule has 2 aliphatic rings. The van der Waals surface area contributed by atoms with Crippen molar-refractivity contribution >= 4 is 25.1 Å². The number of para-hydroxylation sites is 1. The normalized spacial score (nSPS) is 20.5. The number of ether oxygens (including phenoxy) is 1. The van der Waals surface area contributed by atoms with Gasteiger partial charge in [0.15, 0.2) is 0 Å². The first-order valence-corrected chi connectivity index (χ1v) is 19.0. The van der Waals surface area contributed by atoms with E-state index < -0.39 is 0 Å². The third kappa shape index (κ3) is 7.90. The molecule has 0 amide bonds. The Morgan fingerprint density at radius 1 is 0.884 bits per heavy atom. The monoisotopic (exact) mass is 685 g/mol. The zero-order valence-electron chi connectivity index (χ0n) is 27.5. The summed E-state index contributed by atoms with van der Waals surface area (Å²) < 4.78 is 7.66. The molecule has 1 unspecified atom stereocenters. The van der Waals surface area contributed by atoms with Crippen molar-refractivity contribution in [2.24, 2.45) is 11.8 Å². The van der Waals surface area contributed by atoms with Crippen molar-refractivity contribution in [1.29, 1.82) is 0 Å². The fourth-order valence-electron chi connectivity index (χ4n) is 6.69. The van der Waals surface area contributed by atoms with Crippen LogP contribution in [0.2, 0.25) is 0 Å². The van der Waals surface area contributed by atoms with Gasteiger partial charge >= 0.3 is 90.3 Å². The van der Waals surface area contributed by atoms with Gasteiger partial charge in [-0.05, 0) is 66.9 Å². The van der Waals surface area contributed by atoms with E-state index in [-0.39, 0.29) is 32.7 Å². The number of nitrogens with zero attached hydrogens (tertiary/aromatic N) is 1. The fourth-order valence-corrected chi connectivity index (χ4v) is 7.80. The van der Waals surface area contributed by atoms with Gasteiger partial charge in [0.05, 0.1) is 0 Å². The van der Waals surface area contributed by atoms with Crippen LogP contribution in [0.5, 0.6) is 5.75 Å². The summed E-state index contributed by atoms with van der Waals surface area (Å²) in [6.07, 6.45) is 6.21. The molecule has 0 N–H and O–H groups in total. The van der Waals surface area contributed by atoms with E-state index in [0.29, 0.717) is 11.8 Å². The van der Waals surface area contributed by atoms with Crippen molar-refractivity contribution in [3.8, 4) is 5.75 Å². The number of hydrogen-bond donors (Lipinski definition) is 0. The van der Waals surface area contributed by atoms with Gasteiger partial charge in [0.2, 0.25) is 0 Å². The molecule has 0 aromatic heterocycles. The molecule has 43 heavy (non-hydrogen) atoms. The molecule has 5 rings (SSSR count). The minimum atomic E-state index is -0.191. The second-order valence-corrected chi connectivity index (χ2v) is 15.5. The predicted octanol–water partition coefficient (Wildman–Crippen LogP) is 10.9. The van der Waals surface area contributed by atoms with Crippen LogP contribution in [-0.4, -0.2) is 21.2 Å². The SMILES string of the molecule is CC(C)C1=CCCC(C(C)C)=C1N1[CH-]C(C)(c2ccc3ccccc3c2)CC1(C)C.CC(C)Oc1ccccc1[CH]=[Ru][Cl]. The van der Waals surface area contributed by atoms with E-state index in [0.717, 1.165) is 17.7 Å². The molecule has 1 saturated heterocycles. The number of hydrogen-bond acceptors (Lipinski definition) is 2. The average molecular weight is 685 g/mol. The molecule has 4 heteroatoms. The van der Waals surface area contributed by atoms with Gasteiger partial charge in [-0.2, -0.15) is 0 Å². The molecule has 1 fully saturated rings. The number of rotatable bonds is 7. The van der Waals surface area contributed by atoms with Crippen LogP contribution in [0.1, 0.15) is 92.7 Å². The summed E-state index contributed by atoms with van der Waals surface area (Å²) in [5.41, 5.74) is 7.33. The second-order valence-electron chi connectivity index (χ2n) is 13.7. The van der Waals surface area contributed by atoms with Gasteiger partial charge in [0.1, 0.15) is 0 Å². The Morgan fingerprint density at radius 2 is 1.56 bits per heavy atom. The molecule has 1 atom stereocenters. The van der Waals surface area contributed by atoms with Crippen LogP contribution in [0.4, 0.5) is 0 Å². The van der Waals surface area contributed by atoms with Gasteiger partial charge in [0, 0.05) is 11.2 Å². The average Bonchev–Trinajstić information content (AvgIpc) is 3.22. The van der Waals surface area contributed by atoms with Crippen molar-refractivity contribution < 1.29 is 20.4 Å². The van der Waals surface area contributed by atoms with Crippen LogP contribution in [0.15, 0.2) is 89.6 Å². The van der Waals surface area contributed by atoms with Gasteiger partial charge in [-0.25, -0.2) is 6.54 Å². The van der Waals surface area contributed by atoms with E-state index in [1.54, 1.807) is 5.57 Å². The van der Waals surface area contributed by atoms with Crippen molar-refractivity contribution in [1.82, 2.24) is 4.90 Å². The first-order valence-electron chi connectivity index (χ1n) is 15.8. The fraction of sp³-hybridized carbons (Fsp3) is 0.436. The quantitative estimate of drug-likeness (QED) is 0.181. The van der Waals surface area contributed by atoms with Crippen molar-refractivity contribution in [3.05, 3.63) is 107 Å². The van der Waals surface area contributed by atoms with Gasteiger partial charge < -0.3 is 4.90 Å².